The zero-order chi connectivity index (χ0) is 13.1. The highest BCUT2D eigenvalue weighted by Gasteiger charge is 2.08. The van der Waals surface area contributed by atoms with Crippen LogP contribution in [-0.4, -0.2) is 25.2 Å². The fraction of sp³-hybridized carbons (Fsp3) is 0.231. The summed E-state index contributed by atoms with van der Waals surface area (Å²) in [6.07, 6.45) is 0. The largest absolute Gasteiger partial charge is 0.465 e. The fourth-order valence-electron chi connectivity index (χ4n) is 1.75. The molecule has 0 radical (unpaired) electrons. The molecule has 5 nitrogen and oxygen atoms in total. The summed E-state index contributed by atoms with van der Waals surface area (Å²) < 4.78 is 9.72. The van der Waals surface area contributed by atoms with E-state index in [1.54, 1.807) is 25.3 Å². The van der Waals surface area contributed by atoms with Crippen LogP contribution in [0, 0.1) is 0 Å². The lowest BCUT2D eigenvalue weighted by atomic mass is 10.1. The molecule has 1 aromatic heterocycles. The Morgan fingerprint density at radius 2 is 2.11 bits per heavy atom. The number of carbonyl (C=O) groups excluding carboxylic acids is 1. The Balaban J connectivity index is 2.54. The van der Waals surface area contributed by atoms with Crippen molar-refractivity contribution in [3.8, 4) is 0 Å². The number of fused-ring (bicyclic) bond motifs is 1. The van der Waals surface area contributed by atoms with Crippen molar-refractivity contribution >= 4 is 22.7 Å². The Labute approximate surface area is 105 Å². The van der Waals surface area contributed by atoms with Crippen LogP contribution in [0.2, 0.25) is 0 Å². The van der Waals surface area contributed by atoms with Gasteiger partial charge in [0, 0.05) is 18.1 Å². The number of aromatic nitrogens is 1. The average Bonchev–Trinajstić information content (AvgIpc) is 2.38. The number of methoxy groups -OCH3 is 2. The molecule has 0 aliphatic carbocycles. The Bertz CT molecular complexity index is 596. The highest BCUT2D eigenvalue weighted by molar-refractivity contribution is 5.94. The number of nitrogens with zero attached hydrogens (tertiary/aromatic N) is 1. The molecule has 1 heterocycles. The first-order valence-electron chi connectivity index (χ1n) is 5.42. The predicted molar refractivity (Wildman–Crippen MR) is 68.2 cm³/mol. The summed E-state index contributed by atoms with van der Waals surface area (Å²) >= 11 is 0. The zero-order valence-electron chi connectivity index (χ0n) is 10.3. The highest BCUT2D eigenvalue weighted by atomic mass is 16.5. The number of hydrogen-bond acceptors (Lipinski definition) is 5. The third-order valence-corrected chi connectivity index (χ3v) is 2.65. The maximum Gasteiger partial charge on any atom is 0.337 e. The van der Waals surface area contributed by atoms with Crippen molar-refractivity contribution in [2.75, 3.05) is 20.0 Å². The molecule has 0 unspecified atom stereocenters. The van der Waals surface area contributed by atoms with Crippen LogP contribution >= 0.6 is 0 Å². The van der Waals surface area contributed by atoms with Gasteiger partial charge in [-0.3, -0.25) is 0 Å². The van der Waals surface area contributed by atoms with Crippen LogP contribution < -0.4 is 5.73 Å². The van der Waals surface area contributed by atoms with E-state index in [1.165, 1.54) is 7.11 Å². The van der Waals surface area contributed by atoms with Gasteiger partial charge in [-0.15, -0.1) is 0 Å². The van der Waals surface area contributed by atoms with Gasteiger partial charge in [-0.25, -0.2) is 9.78 Å². The maximum absolute atomic E-state index is 11.4. The number of rotatable bonds is 3. The Hall–Kier alpha value is -2.14. The van der Waals surface area contributed by atoms with Crippen molar-refractivity contribution in [2.45, 2.75) is 6.61 Å². The lowest BCUT2D eigenvalue weighted by molar-refractivity contribution is 0.0601. The smallest absolute Gasteiger partial charge is 0.337 e. The Morgan fingerprint density at radius 1 is 1.33 bits per heavy atom. The lowest BCUT2D eigenvalue weighted by Gasteiger charge is -2.07. The number of ether oxygens (including phenoxy) is 2. The summed E-state index contributed by atoms with van der Waals surface area (Å²) in [4.78, 5) is 15.7. The van der Waals surface area contributed by atoms with Gasteiger partial charge in [0.25, 0.3) is 0 Å². The molecule has 0 aliphatic heterocycles. The second kappa shape index (κ2) is 5.01. The van der Waals surface area contributed by atoms with E-state index in [0.29, 0.717) is 18.0 Å². The monoisotopic (exact) mass is 246 g/mol. The van der Waals surface area contributed by atoms with Crippen LogP contribution in [-0.2, 0) is 16.1 Å². The van der Waals surface area contributed by atoms with Crippen LogP contribution in [0.4, 0.5) is 5.82 Å². The van der Waals surface area contributed by atoms with Crippen molar-refractivity contribution in [1.82, 2.24) is 4.98 Å². The first kappa shape index (κ1) is 12.3. The van der Waals surface area contributed by atoms with Gasteiger partial charge in [-0.05, 0) is 24.3 Å². The molecule has 2 aromatic rings. The van der Waals surface area contributed by atoms with Crippen LogP contribution in [0.5, 0.6) is 0 Å². The predicted octanol–water partition coefficient (Wildman–Crippen LogP) is 1.75. The number of esters is 1. The van der Waals surface area contributed by atoms with E-state index >= 15 is 0 Å². The molecule has 0 atom stereocenters. The molecule has 2 rings (SSSR count). The first-order chi connectivity index (χ1) is 8.65. The second-order valence-electron chi connectivity index (χ2n) is 3.86. The highest BCUT2D eigenvalue weighted by Crippen LogP contribution is 2.20. The van der Waals surface area contributed by atoms with Crippen molar-refractivity contribution in [3.05, 3.63) is 35.4 Å². The number of anilines is 1. The van der Waals surface area contributed by atoms with Crippen molar-refractivity contribution in [3.63, 3.8) is 0 Å². The fourth-order valence-corrected chi connectivity index (χ4v) is 1.75. The van der Waals surface area contributed by atoms with Crippen molar-refractivity contribution in [2.24, 2.45) is 0 Å². The summed E-state index contributed by atoms with van der Waals surface area (Å²) in [6, 6.07) is 7.01. The summed E-state index contributed by atoms with van der Waals surface area (Å²) in [5.74, 6) is 0.0668. The number of carbonyl (C=O) groups is 1. The van der Waals surface area contributed by atoms with E-state index in [2.05, 4.69) is 9.72 Å². The Kier molecular flexibility index (Phi) is 3.43. The molecular weight excluding hydrogens is 232 g/mol. The Morgan fingerprint density at radius 3 is 2.78 bits per heavy atom. The van der Waals surface area contributed by atoms with E-state index < -0.39 is 0 Å². The molecule has 0 fully saturated rings. The molecule has 0 amide bonds. The SMILES string of the molecule is COCc1cc2cc(C(=O)OC)ccc2nc1N. The molecule has 0 aliphatic rings. The van der Waals surface area contributed by atoms with Gasteiger partial charge in [0.05, 0.1) is 24.8 Å². The first-order valence-corrected chi connectivity index (χ1v) is 5.42. The molecule has 0 bridgehead atoms. The molecule has 1 aromatic carbocycles. The molecule has 94 valence electrons. The van der Waals surface area contributed by atoms with Gasteiger partial charge >= 0.3 is 5.97 Å². The number of pyridine rings is 1. The van der Waals surface area contributed by atoms with Gasteiger partial charge in [-0.2, -0.15) is 0 Å². The number of nitrogen functional groups attached to an aromatic ring is 1. The van der Waals surface area contributed by atoms with Gasteiger partial charge in [0.2, 0.25) is 0 Å². The van der Waals surface area contributed by atoms with E-state index in [4.69, 9.17) is 10.5 Å². The summed E-state index contributed by atoms with van der Waals surface area (Å²) in [5.41, 5.74) is 7.83. The second-order valence-corrected chi connectivity index (χ2v) is 3.86. The van der Waals surface area contributed by atoms with Crippen LogP contribution in [0.25, 0.3) is 10.9 Å². The van der Waals surface area contributed by atoms with E-state index in [0.717, 1.165) is 16.5 Å². The van der Waals surface area contributed by atoms with E-state index in [9.17, 15) is 4.79 Å². The quantitative estimate of drug-likeness (QED) is 0.835. The van der Waals surface area contributed by atoms with Crippen LogP contribution in [0.1, 0.15) is 15.9 Å². The average molecular weight is 246 g/mol. The standard InChI is InChI=1S/C13H14N2O3/c1-17-7-10-6-9-5-8(13(16)18-2)3-4-11(9)15-12(10)14/h3-6H,7H2,1-2H3,(H2,14,15). The van der Waals surface area contributed by atoms with E-state index in [1.807, 2.05) is 6.07 Å². The summed E-state index contributed by atoms with van der Waals surface area (Å²) in [7, 11) is 2.94. The number of hydrogen-bond donors (Lipinski definition) is 1. The van der Waals surface area contributed by atoms with Gasteiger partial charge in [-0.1, -0.05) is 0 Å². The molecule has 0 spiro atoms. The number of benzene rings is 1. The topological polar surface area (TPSA) is 74.4 Å². The van der Waals surface area contributed by atoms with Gasteiger partial charge in [0.1, 0.15) is 5.82 Å². The minimum Gasteiger partial charge on any atom is -0.465 e. The maximum atomic E-state index is 11.4. The van der Waals surface area contributed by atoms with Crippen molar-refractivity contribution in [1.29, 1.82) is 0 Å². The normalized spacial score (nSPS) is 10.6. The van der Waals surface area contributed by atoms with Gasteiger partial charge < -0.3 is 15.2 Å². The molecule has 18 heavy (non-hydrogen) atoms. The summed E-state index contributed by atoms with van der Waals surface area (Å²) in [6.45, 7) is 0.386. The molecule has 5 heteroatoms. The molecule has 0 saturated carbocycles. The molecule has 0 saturated heterocycles. The zero-order valence-corrected chi connectivity index (χ0v) is 10.3. The van der Waals surface area contributed by atoms with Crippen LogP contribution in [0.3, 0.4) is 0 Å². The third kappa shape index (κ3) is 2.26. The molecule has 2 N–H and O–H groups in total. The minimum atomic E-state index is -0.373. The minimum absolute atomic E-state index is 0.373. The van der Waals surface area contributed by atoms with Gasteiger partial charge in [0.15, 0.2) is 0 Å². The van der Waals surface area contributed by atoms with Crippen molar-refractivity contribution < 1.29 is 14.3 Å². The molecular formula is C13H14N2O3. The van der Waals surface area contributed by atoms with E-state index in [-0.39, 0.29) is 5.97 Å². The third-order valence-electron chi connectivity index (χ3n) is 2.65. The lowest BCUT2D eigenvalue weighted by Crippen LogP contribution is -2.03. The summed E-state index contributed by atoms with van der Waals surface area (Å²) in [5, 5.41) is 0.833. The van der Waals surface area contributed by atoms with Crippen LogP contribution in [0.15, 0.2) is 24.3 Å². The number of nitrogens with two attached hydrogens (primary N) is 1.